The molecule has 1 aliphatic rings. The number of methoxy groups -OCH3 is 1. The van der Waals surface area contributed by atoms with Gasteiger partial charge < -0.3 is 20.3 Å². The van der Waals surface area contributed by atoms with Crippen LogP contribution in [0.5, 0.6) is 0 Å². The molecule has 1 fully saturated rings. The molecule has 1 aliphatic heterocycles. The molecule has 6 nitrogen and oxygen atoms in total. The summed E-state index contributed by atoms with van der Waals surface area (Å²) in [5.74, 6) is 0.805. The van der Waals surface area contributed by atoms with E-state index in [1.54, 1.807) is 25.5 Å². The average molecular weight is 453 g/mol. The predicted octanol–water partition coefficient (Wildman–Crippen LogP) is 2.10. The minimum atomic E-state index is 0. The topological polar surface area (TPSA) is 61.8 Å². The highest BCUT2D eigenvalue weighted by molar-refractivity contribution is 14.0. The van der Waals surface area contributed by atoms with Crippen molar-refractivity contribution in [3.8, 4) is 0 Å². The number of hydrogen-bond acceptors (Lipinski definition) is 5. The number of nitrogens with zero attached hydrogens (tertiary/aromatic N) is 3. The molecule has 0 bridgehead atoms. The zero-order valence-corrected chi connectivity index (χ0v) is 17.3. The van der Waals surface area contributed by atoms with Crippen molar-refractivity contribution >= 4 is 46.4 Å². The fourth-order valence-corrected chi connectivity index (χ4v) is 3.41. The van der Waals surface area contributed by atoms with Crippen LogP contribution in [0.4, 0.5) is 5.13 Å². The number of anilines is 1. The van der Waals surface area contributed by atoms with E-state index in [1.165, 1.54) is 18.0 Å². The quantitative estimate of drug-likeness (QED) is 0.376. The molecule has 2 N–H and O–H groups in total. The van der Waals surface area contributed by atoms with Crippen LogP contribution in [-0.4, -0.2) is 57.4 Å². The second-order valence-corrected chi connectivity index (χ2v) is 6.40. The molecular weight excluding hydrogens is 425 g/mol. The van der Waals surface area contributed by atoms with E-state index in [0.717, 1.165) is 37.7 Å². The molecule has 0 radical (unpaired) electrons. The molecule has 0 amide bonds. The number of hydrogen-bond donors (Lipinski definition) is 2. The Balaban J connectivity index is 0.00000264. The number of aliphatic imine (C=N–C) groups is 1. The summed E-state index contributed by atoms with van der Waals surface area (Å²) in [5, 5.41) is 9.95. The van der Waals surface area contributed by atoms with Gasteiger partial charge in [-0.1, -0.05) is 0 Å². The van der Waals surface area contributed by atoms with Crippen LogP contribution in [-0.2, 0) is 11.2 Å². The molecule has 2 rings (SSSR count). The number of nitrogens with one attached hydrogen (secondary N) is 2. The van der Waals surface area contributed by atoms with Gasteiger partial charge in [-0.25, -0.2) is 4.98 Å². The van der Waals surface area contributed by atoms with E-state index in [0.29, 0.717) is 6.61 Å². The van der Waals surface area contributed by atoms with Gasteiger partial charge in [0.05, 0.1) is 12.3 Å². The minimum Gasteiger partial charge on any atom is -0.383 e. The van der Waals surface area contributed by atoms with Crippen molar-refractivity contribution < 1.29 is 4.74 Å². The first kappa shape index (κ1) is 20.4. The molecule has 0 spiro atoms. The van der Waals surface area contributed by atoms with Crippen LogP contribution < -0.4 is 15.5 Å². The largest absolute Gasteiger partial charge is 0.383 e. The highest BCUT2D eigenvalue weighted by Crippen LogP contribution is 2.24. The van der Waals surface area contributed by atoms with E-state index >= 15 is 0 Å². The van der Waals surface area contributed by atoms with Crippen LogP contribution in [0, 0.1) is 0 Å². The first-order valence-electron chi connectivity index (χ1n) is 7.88. The van der Waals surface area contributed by atoms with E-state index in [-0.39, 0.29) is 30.0 Å². The summed E-state index contributed by atoms with van der Waals surface area (Å²) < 4.78 is 5.12. The summed E-state index contributed by atoms with van der Waals surface area (Å²) in [7, 11) is 3.48. The maximum atomic E-state index is 5.12. The van der Waals surface area contributed by atoms with Gasteiger partial charge in [-0.15, -0.1) is 35.3 Å². The molecule has 2 heterocycles. The zero-order valence-electron chi connectivity index (χ0n) is 14.2. The monoisotopic (exact) mass is 453 g/mol. The molecule has 1 saturated heterocycles. The Morgan fingerprint density at radius 1 is 1.48 bits per heavy atom. The molecule has 1 aromatic rings. The Labute approximate surface area is 160 Å². The molecule has 0 saturated carbocycles. The molecule has 0 aromatic carbocycles. The molecule has 1 aromatic heterocycles. The molecule has 1 atom stereocenters. The first-order valence-corrected chi connectivity index (χ1v) is 8.76. The van der Waals surface area contributed by atoms with Crippen molar-refractivity contribution in [1.82, 2.24) is 15.6 Å². The van der Waals surface area contributed by atoms with Crippen molar-refractivity contribution in [3.63, 3.8) is 0 Å². The van der Waals surface area contributed by atoms with Gasteiger partial charge in [0.2, 0.25) is 0 Å². The second-order valence-electron chi connectivity index (χ2n) is 5.57. The number of aromatic nitrogens is 1. The van der Waals surface area contributed by atoms with Crippen molar-refractivity contribution in [3.05, 3.63) is 11.1 Å². The standard InChI is InChI=1S/C15H27N5OS.HI/c1-12(10-21-3)18-14(16-2)17-7-6-13-11-22-15(19-13)20-8-4-5-9-20;/h11-12H,4-10H2,1-3H3,(H2,16,17,18);1H. The van der Waals surface area contributed by atoms with Gasteiger partial charge in [0.25, 0.3) is 0 Å². The van der Waals surface area contributed by atoms with Gasteiger partial charge >= 0.3 is 0 Å². The Bertz CT molecular complexity index is 476. The SMILES string of the molecule is CN=C(NCCc1csc(N2CCCC2)n1)NC(C)COC.I. The van der Waals surface area contributed by atoms with E-state index in [4.69, 9.17) is 9.72 Å². The molecule has 23 heavy (non-hydrogen) atoms. The summed E-state index contributed by atoms with van der Waals surface area (Å²) in [6, 6.07) is 0.234. The van der Waals surface area contributed by atoms with Crippen LogP contribution in [0.15, 0.2) is 10.4 Å². The predicted molar refractivity (Wildman–Crippen MR) is 109 cm³/mol. The highest BCUT2D eigenvalue weighted by Gasteiger charge is 2.15. The lowest BCUT2D eigenvalue weighted by molar-refractivity contribution is 0.179. The maximum absolute atomic E-state index is 5.12. The zero-order chi connectivity index (χ0) is 15.8. The highest BCUT2D eigenvalue weighted by atomic mass is 127. The number of guanidine groups is 1. The van der Waals surface area contributed by atoms with Crippen molar-refractivity contribution in [1.29, 1.82) is 0 Å². The average Bonchev–Trinajstić information content (AvgIpc) is 3.17. The lowest BCUT2D eigenvalue weighted by atomic mass is 10.3. The Hall–Kier alpha value is -0.610. The minimum absolute atomic E-state index is 0. The van der Waals surface area contributed by atoms with E-state index in [2.05, 4.69) is 32.8 Å². The third-order valence-corrected chi connectivity index (χ3v) is 4.56. The first-order chi connectivity index (χ1) is 10.7. The normalized spacial score (nSPS) is 16.1. The number of rotatable bonds is 7. The summed E-state index contributed by atoms with van der Waals surface area (Å²) in [6.45, 7) is 5.85. The fourth-order valence-electron chi connectivity index (χ4n) is 2.49. The Morgan fingerprint density at radius 2 is 2.22 bits per heavy atom. The van der Waals surface area contributed by atoms with Crippen LogP contribution >= 0.6 is 35.3 Å². The van der Waals surface area contributed by atoms with Crippen LogP contribution in [0.2, 0.25) is 0 Å². The van der Waals surface area contributed by atoms with E-state index in [1.807, 2.05) is 0 Å². The van der Waals surface area contributed by atoms with Gasteiger partial charge in [0, 0.05) is 51.6 Å². The summed E-state index contributed by atoms with van der Waals surface area (Å²) in [5.41, 5.74) is 1.15. The number of thiazole rings is 1. The van der Waals surface area contributed by atoms with Gasteiger partial charge in [-0.05, 0) is 19.8 Å². The maximum Gasteiger partial charge on any atom is 0.191 e. The van der Waals surface area contributed by atoms with E-state index in [9.17, 15) is 0 Å². The van der Waals surface area contributed by atoms with Crippen LogP contribution in [0.1, 0.15) is 25.5 Å². The molecule has 8 heteroatoms. The van der Waals surface area contributed by atoms with Gasteiger partial charge in [-0.2, -0.15) is 0 Å². The fraction of sp³-hybridized carbons (Fsp3) is 0.733. The molecule has 132 valence electrons. The molecular formula is C15H28IN5OS. The molecule has 0 aliphatic carbocycles. The number of ether oxygens (including phenoxy) is 1. The van der Waals surface area contributed by atoms with E-state index < -0.39 is 0 Å². The van der Waals surface area contributed by atoms with Gasteiger partial charge in [0.1, 0.15) is 0 Å². The summed E-state index contributed by atoms with van der Waals surface area (Å²) >= 11 is 1.75. The Morgan fingerprint density at radius 3 is 2.87 bits per heavy atom. The van der Waals surface area contributed by atoms with Gasteiger partial charge in [0.15, 0.2) is 11.1 Å². The van der Waals surface area contributed by atoms with Crippen molar-refractivity contribution in [2.75, 3.05) is 45.3 Å². The Kier molecular flexibility index (Phi) is 9.80. The van der Waals surface area contributed by atoms with Crippen molar-refractivity contribution in [2.45, 2.75) is 32.2 Å². The lowest BCUT2D eigenvalue weighted by Gasteiger charge is -2.16. The van der Waals surface area contributed by atoms with Gasteiger partial charge in [-0.3, -0.25) is 4.99 Å². The van der Waals surface area contributed by atoms with Crippen LogP contribution in [0.25, 0.3) is 0 Å². The third-order valence-electron chi connectivity index (χ3n) is 3.61. The lowest BCUT2D eigenvalue weighted by Crippen LogP contribution is -2.44. The second kappa shape index (κ2) is 11.0. The van der Waals surface area contributed by atoms with Crippen LogP contribution in [0.3, 0.4) is 0 Å². The number of halogens is 1. The third kappa shape index (κ3) is 6.80. The summed E-state index contributed by atoms with van der Waals surface area (Å²) in [4.78, 5) is 11.3. The smallest absolute Gasteiger partial charge is 0.191 e. The van der Waals surface area contributed by atoms with Crippen molar-refractivity contribution in [2.24, 2.45) is 4.99 Å². The molecule has 1 unspecified atom stereocenters. The summed E-state index contributed by atoms with van der Waals surface area (Å²) in [6.07, 6.45) is 3.49.